The summed E-state index contributed by atoms with van der Waals surface area (Å²) in [5.74, 6) is 0.102. The van der Waals surface area contributed by atoms with Gasteiger partial charge in [0, 0.05) is 6.04 Å². The minimum Gasteiger partial charge on any atom is -0.483 e. The molecular formula is C18H17BrN2O3. The maximum Gasteiger partial charge on any atom is 0.262 e. The lowest BCUT2D eigenvalue weighted by atomic mass is 10.1. The second kappa shape index (κ2) is 7.49. The first-order valence-electron chi connectivity index (χ1n) is 7.70. The van der Waals surface area contributed by atoms with Crippen molar-refractivity contribution >= 4 is 33.4 Å². The average Bonchev–Trinajstić information content (AvgIpc) is 3.38. The highest BCUT2D eigenvalue weighted by molar-refractivity contribution is 9.10. The van der Waals surface area contributed by atoms with Gasteiger partial charge in [-0.2, -0.15) is 0 Å². The number of para-hydroxylation sites is 2. The van der Waals surface area contributed by atoms with Crippen molar-refractivity contribution in [1.29, 1.82) is 0 Å². The van der Waals surface area contributed by atoms with Crippen LogP contribution in [0.5, 0.6) is 5.75 Å². The van der Waals surface area contributed by atoms with Crippen LogP contribution in [0.1, 0.15) is 23.2 Å². The zero-order valence-electron chi connectivity index (χ0n) is 12.9. The van der Waals surface area contributed by atoms with E-state index < -0.39 is 0 Å². The molecule has 124 valence electrons. The molecule has 0 bridgehead atoms. The Morgan fingerprint density at radius 2 is 1.79 bits per heavy atom. The van der Waals surface area contributed by atoms with Gasteiger partial charge in [-0.05, 0) is 53.0 Å². The van der Waals surface area contributed by atoms with Crippen LogP contribution in [-0.4, -0.2) is 24.5 Å². The summed E-state index contributed by atoms with van der Waals surface area (Å²) < 4.78 is 6.27. The summed E-state index contributed by atoms with van der Waals surface area (Å²) in [5, 5.41) is 5.66. The van der Waals surface area contributed by atoms with E-state index in [9.17, 15) is 9.59 Å². The topological polar surface area (TPSA) is 67.4 Å². The van der Waals surface area contributed by atoms with E-state index in [1.807, 2.05) is 18.2 Å². The molecule has 2 aromatic rings. The molecule has 0 heterocycles. The lowest BCUT2D eigenvalue weighted by Crippen LogP contribution is -2.28. The molecule has 0 atom stereocenters. The fourth-order valence-corrected chi connectivity index (χ4v) is 2.57. The summed E-state index contributed by atoms with van der Waals surface area (Å²) in [6.07, 6.45) is 2.03. The molecule has 2 amide bonds. The van der Waals surface area contributed by atoms with Gasteiger partial charge in [0.2, 0.25) is 0 Å². The number of carbonyl (C=O) groups excluding carboxylic acids is 2. The van der Waals surface area contributed by atoms with Gasteiger partial charge >= 0.3 is 0 Å². The third-order valence-corrected chi connectivity index (χ3v) is 4.21. The highest BCUT2D eigenvalue weighted by Crippen LogP contribution is 2.24. The van der Waals surface area contributed by atoms with Crippen molar-refractivity contribution in [2.75, 3.05) is 11.9 Å². The second-order valence-electron chi connectivity index (χ2n) is 5.56. The maximum atomic E-state index is 12.2. The van der Waals surface area contributed by atoms with Crippen molar-refractivity contribution in [3.8, 4) is 5.75 Å². The number of anilines is 1. The summed E-state index contributed by atoms with van der Waals surface area (Å²) >= 11 is 3.36. The van der Waals surface area contributed by atoms with Crippen molar-refractivity contribution in [3.05, 3.63) is 58.6 Å². The van der Waals surface area contributed by atoms with Gasteiger partial charge in [0.15, 0.2) is 6.61 Å². The normalized spacial score (nSPS) is 13.2. The highest BCUT2D eigenvalue weighted by atomic mass is 79.9. The summed E-state index contributed by atoms with van der Waals surface area (Å²) in [4.78, 5) is 24.3. The van der Waals surface area contributed by atoms with Gasteiger partial charge in [-0.1, -0.05) is 24.3 Å². The molecular weight excluding hydrogens is 372 g/mol. The van der Waals surface area contributed by atoms with Crippen molar-refractivity contribution < 1.29 is 14.3 Å². The number of ether oxygens (including phenoxy) is 1. The van der Waals surface area contributed by atoms with Crippen molar-refractivity contribution in [2.24, 2.45) is 0 Å². The molecule has 0 radical (unpaired) electrons. The smallest absolute Gasteiger partial charge is 0.262 e. The Labute approximate surface area is 148 Å². The van der Waals surface area contributed by atoms with Crippen LogP contribution in [0.25, 0.3) is 0 Å². The van der Waals surface area contributed by atoms with E-state index in [0.29, 0.717) is 17.0 Å². The summed E-state index contributed by atoms with van der Waals surface area (Å²) in [6.45, 7) is -0.138. The monoisotopic (exact) mass is 388 g/mol. The number of hydrogen-bond acceptors (Lipinski definition) is 3. The van der Waals surface area contributed by atoms with Crippen LogP contribution in [0.3, 0.4) is 0 Å². The second-order valence-corrected chi connectivity index (χ2v) is 6.41. The van der Waals surface area contributed by atoms with Crippen LogP contribution in [0.15, 0.2) is 53.0 Å². The van der Waals surface area contributed by atoms with E-state index in [-0.39, 0.29) is 24.5 Å². The number of rotatable bonds is 6. The fourth-order valence-electron chi connectivity index (χ4n) is 2.17. The van der Waals surface area contributed by atoms with Gasteiger partial charge in [0.05, 0.1) is 15.7 Å². The quantitative estimate of drug-likeness (QED) is 0.796. The summed E-state index contributed by atoms with van der Waals surface area (Å²) in [7, 11) is 0. The highest BCUT2D eigenvalue weighted by Gasteiger charge is 2.25. The predicted octanol–water partition coefficient (Wildman–Crippen LogP) is 3.36. The van der Waals surface area contributed by atoms with Crippen LogP contribution >= 0.6 is 15.9 Å². The molecule has 3 rings (SSSR count). The van der Waals surface area contributed by atoms with Gasteiger partial charge in [-0.3, -0.25) is 9.59 Å². The van der Waals surface area contributed by atoms with E-state index in [1.165, 1.54) is 0 Å². The molecule has 6 heteroatoms. The molecule has 1 aliphatic rings. The van der Waals surface area contributed by atoms with Crippen LogP contribution < -0.4 is 15.4 Å². The molecule has 1 saturated carbocycles. The molecule has 2 N–H and O–H groups in total. The van der Waals surface area contributed by atoms with Crippen LogP contribution in [0.2, 0.25) is 0 Å². The maximum absolute atomic E-state index is 12.2. The van der Waals surface area contributed by atoms with E-state index >= 15 is 0 Å². The van der Waals surface area contributed by atoms with Crippen molar-refractivity contribution in [3.63, 3.8) is 0 Å². The average molecular weight is 389 g/mol. The molecule has 5 nitrogen and oxygen atoms in total. The van der Waals surface area contributed by atoms with E-state index in [1.54, 1.807) is 30.3 Å². The standard InChI is InChI=1S/C18H17BrN2O3/c19-14-6-2-4-8-16(14)24-11-17(22)21-15-7-3-1-5-13(15)18(23)20-12-9-10-12/h1-8,12H,9-11H2,(H,20,23)(H,21,22). The Hall–Kier alpha value is -2.34. The van der Waals surface area contributed by atoms with Crippen LogP contribution in [0.4, 0.5) is 5.69 Å². The van der Waals surface area contributed by atoms with Gasteiger partial charge in [-0.25, -0.2) is 0 Å². The van der Waals surface area contributed by atoms with Gasteiger partial charge in [0.25, 0.3) is 11.8 Å². The van der Waals surface area contributed by atoms with E-state index in [0.717, 1.165) is 17.3 Å². The SMILES string of the molecule is O=C(COc1ccccc1Br)Nc1ccccc1C(=O)NC1CC1. The van der Waals surface area contributed by atoms with Gasteiger partial charge < -0.3 is 15.4 Å². The Morgan fingerprint density at radius 3 is 2.54 bits per heavy atom. The Balaban J connectivity index is 1.61. The van der Waals surface area contributed by atoms with Gasteiger partial charge in [0.1, 0.15) is 5.75 Å². The van der Waals surface area contributed by atoms with Crippen molar-refractivity contribution in [1.82, 2.24) is 5.32 Å². The Bertz CT molecular complexity index is 759. The first kappa shape index (κ1) is 16.5. The molecule has 0 spiro atoms. The largest absolute Gasteiger partial charge is 0.483 e. The third kappa shape index (κ3) is 4.35. The first-order chi connectivity index (χ1) is 11.6. The number of amides is 2. The summed E-state index contributed by atoms with van der Waals surface area (Å²) in [5.41, 5.74) is 0.940. The van der Waals surface area contributed by atoms with Crippen LogP contribution in [0, 0.1) is 0 Å². The minimum absolute atomic E-state index is 0.138. The number of benzene rings is 2. The van der Waals surface area contributed by atoms with Gasteiger partial charge in [-0.15, -0.1) is 0 Å². The lowest BCUT2D eigenvalue weighted by molar-refractivity contribution is -0.118. The molecule has 0 saturated heterocycles. The molecule has 2 aromatic carbocycles. The molecule has 1 fully saturated rings. The van der Waals surface area contributed by atoms with Crippen molar-refractivity contribution in [2.45, 2.75) is 18.9 Å². The minimum atomic E-state index is -0.322. The summed E-state index contributed by atoms with van der Waals surface area (Å²) in [6, 6.07) is 14.5. The number of halogens is 1. The lowest BCUT2D eigenvalue weighted by Gasteiger charge is -2.12. The fraction of sp³-hybridized carbons (Fsp3) is 0.222. The van der Waals surface area contributed by atoms with E-state index in [2.05, 4.69) is 26.6 Å². The predicted molar refractivity (Wildman–Crippen MR) is 95.2 cm³/mol. The Morgan fingerprint density at radius 1 is 1.08 bits per heavy atom. The Kier molecular flexibility index (Phi) is 5.15. The first-order valence-corrected chi connectivity index (χ1v) is 8.50. The number of nitrogens with one attached hydrogen (secondary N) is 2. The molecule has 24 heavy (non-hydrogen) atoms. The third-order valence-electron chi connectivity index (χ3n) is 3.55. The van der Waals surface area contributed by atoms with Crippen LogP contribution in [-0.2, 0) is 4.79 Å². The molecule has 0 aromatic heterocycles. The molecule has 0 unspecified atom stereocenters. The number of hydrogen-bond donors (Lipinski definition) is 2. The molecule has 1 aliphatic carbocycles. The zero-order valence-corrected chi connectivity index (χ0v) is 14.5. The van der Waals surface area contributed by atoms with E-state index in [4.69, 9.17) is 4.74 Å². The molecule has 0 aliphatic heterocycles. The number of carbonyl (C=O) groups is 2. The zero-order chi connectivity index (χ0) is 16.9.